The van der Waals surface area contributed by atoms with E-state index >= 15 is 0 Å². The van der Waals surface area contributed by atoms with Gasteiger partial charge in [-0.15, -0.1) is 0 Å². The summed E-state index contributed by atoms with van der Waals surface area (Å²) in [6.07, 6.45) is 4.50. The Bertz CT molecular complexity index is 559. The zero-order valence-electron chi connectivity index (χ0n) is 15.6. The predicted molar refractivity (Wildman–Crippen MR) is 100 cm³/mol. The van der Waals surface area contributed by atoms with Gasteiger partial charge in [-0.2, -0.15) is 0 Å². The Morgan fingerprint density at radius 1 is 1.16 bits per heavy atom. The third-order valence-electron chi connectivity index (χ3n) is 4.99. The van der Waals surface area contributed by atoms with Crippen molar-refractivity contribution in [2.75, 3.05) is 6.54 Å². The summed E-state index contributed by atoms with van der Waals surface area (Å²) < 4.78 is 0. The molecule has 3 amide bonds. The van der Waals surface area contributed by atoms with Crippen LogP contribution in [0.5, 0.6) is 0 Å². The van der Waals surface area contributed by atoms with E-state index < -0.39 is 0 Å². The van der Waals surface area contributed by atoms with Gasteiger partial charge in [-0.3, -0.25) is 15.0 Å². The maximum absolute atomic E-state index is 12.3. The summed E-state index contributed by atoms with van der Waals surface area (Å²) in [6.45, 7) is 7.17. The van der Waals surface area contributed by atoms with Gasteiger partial charge >= 0.3 is 6.03 Å². The van der Waals surface area contributed by atoms with Crippen LogP contribution in [0.25, 0.3) is 0 Å². The lowest BCUT2D eigenvalue weighted by molar-refractivity contribution is -0.121. The first kappa shape index (κ1) is 19.4. The molecule has 2 unspecified atom stereocenters. The van der Waals surface area contributed by atoms with E-state index in [0.29, 0.717) is 12.5 Å². The van der Waals surface area contributed by atoms with Crippen molar-refractivity contribution in [2.45, 2.75) is 65.1 Å². The Labute approximate surface area is 151 Å². The fourth-order valence-corrected chi connectivity index (χ4v) is 3.32. The highest BCUT2D eigenvalue weighted by molar-refractivity contribution is 5.95. The molecule has 0 aromatic heterocycles. The summed E-state index contributed by atoms with van der Waals surface area (Å²) in [6, 6.07) is 10.1. The number of amides is 3. The standard InChI is InChI=1S/C20H31N3O2/c1-15(2)23(13-17-10-5-4-6-11-17)14-19(24)22-20(25)21-18-12-8-7-9-16(18)3/h4-6,10-11,15-16,18H,7-9,12-14H2,1-3H3,(H2,21,22,24,25). The monoisotopic (exact) mass is 345 g/mol. The number of hydrogen-bond acceptors (Lipinski definition) is 3. The molecule has 2 N–H and O–H groups in total. The average Bonchev–Trinajstić information content (AvgIpc) is 2.57. The zero-order chi connectivity index (χ0) is 18.2. The topological polar surface area (TPSA) is 61.4 Å². The van der Waals surface area contributed by atoms with Crippen molar-refractivity contribution in [2.24, 2.45) is 5.92 Å². The van der Waals surface area contributed by atoms with Crippen LogP contribution in [-0.2, 0) is 11.3 Å². The number of rotatable bonds is 6. The first-order valence-electron chi connectivity index (χ1n) is 9.34. The fourth-order valence-electron chi connectivity index (χ4n) is 3.32. The van der Waals surface area contributed by atoms with Gasteiger partial charge in [0, 0.05) is 18.6 Å². The number of carbonyl (C=O) groups excluding carboxylic acids is 2. The van der Waals surface area contributed by atoms with Crippen molar-refractivity contribution in [3.05, 3.63) is 35.9 Å². The van der Waals surface area contributed by atoms with E-state index in [1.165, 1.54) is 6.42 Å². The highest BCUT2D eigenvalue weighted by Crippen LogP contribution is 2.23. The summed E-state index contributed by atoms with van der Waals surface area (Å²) in [5.74, 6) is 0.213. The van der Waals surface area contributed by atoms with Gasteiger partial charge in [-0.25, -0.2) is 4.79 Å². The molecule has 0 saturated heterocycles. The van der Waals surface area contributed by atoms with E-state index in [9.17, 15) is 9.59 Å². The third kappa shape index (κ3) is 6.50. The molecule has 0 radical (unpaired) electrons. The third-order valence-corrected chi connectivity index (χ3v) is 4.99. The summed E-state index contributed by atoms with van der Waals surface area (Å²) in [5.41, 5.74) is 1.16. The Balaban J connectivity index is 1.82. The van der Waals surface area contributed by atoms with Gasteiger partial charge in [0.1, 0.15) is 0 Å². The van der Waals surface area contributed by atoms with Crippen LogP contribution in [0, 0.1) is 5.92 Å². The lowest BCUT2D eigenvalue weighted by atomic mass is 9.86. The Hall–Kier alpha value is -1.88. The molecule has 0 spiro atoms. The maximum atomic E-state index is 12.3. The van der Waals surface area contributed by atoms with Crippen molar-refractivity contribution in [1.82, 2.24) is 15.5 Å². The smallest absolute Gasteiger partial charge is 0.321 e. The lowest BCUT2D eigenvalue weighted by Gasteiger charge is -2.29. The van der Waals surface area contributed by atoms with Crippen LogP contribution in [0.15, 0.2) is 30.3 Å². The fraction of sp³-hybridized carbons (Fsp3) is 0.600. The molecule has 25 heavy (non-hydrogen) atoms. The number of nitrogens with one attached hydrogen (secondary N) is 2. The second-order valence-electron chi connectivity index (χ2n) is 7.37. The van der Waals surface area contributed by atoms with E-state index in [4.69, 9.17) is 0 Å². The number of nitrogens with zero attached hydrogens (tertiary/aromatic N) is 1. The van der Waals surface area contributed by atoms with Crippen molar-refractivity contribution in [3.63, 3.8) is 0 Å². The number of urea groups is 1. The van der Waals surface area contributed by atoms with Gasteiger partial charge in [-0.1, -0.05) is 50.1 Å². The highest BCUT2D eigenvalue weighted by Gasteiger charge is 2.24. The summed E-state index contributed by atoms with van der Waals surface area (Å²) in [5, 5.41) is 5.45. The van der Waals surface area contributed by atoms with Crippen LogP contribution in [0.4, 0.5) is 4.79 Å². The van der Waals surface area contributed by atoms with Crippen LogP contribution in [0.2, 0.25) is 0 Å². The first-order chi connectivity index (χ1) is 12.0. The summed E-state index contributed by atoms with van der Waals surface area (Å²) in [4.78, 5) is 26.4. The highest BCUT2D eigenvalue weighted by atomic mass is 16.2. The molecule has 2 atom stereocenters. The number of hydrogen-bond donors (Lipinski definition) is 2. The second kappa shape index (κ2) is 9.56. The number of benzene rings is 1. The zero-order valence-corrected chi connectivity index (χ0v) is 15.6. The minimum atomic E-state index is -0.368. The molecular weight excluding hydrogens is 314 g/mol. The van der Waals surface area contributed by atoms with Crippen molar-refractivity contribution in [3.8, 4) is 0 Å². The van der Waals surface area contributed by atoms with Gasteiger partial charge in [0.05, 0.1) is 6.54 Å². The van der Waals surface area contributed by atoms with E-state index in [2.05, 4.69) is 36.3 Å². The number of carbonyl (C=O) groups is 2. The minimum absolute atomic E-state index is 0.173. The Morgan fingerprint density at radius 3 is 2.48 bits per heavy atom. The molecule has 5 heteroatoms. The molecule has 0 aliphatic heterocycles. The predicted octanol–water partition coefficient (Wildman–Crippen LogP) is 3.30. The van der Waals surface area contributed by atoms with E-state index in [0.717, 1.165) is 24.8 Å². The molecule has 1 saturated carbocycles. The second-order valence-corrected chi connectivity index (χ2v) is 7.37. The number of imide groups is 1. The Kier molecular flexibility index (Phi) is 7.44. The molecule has 1 aliphatic rings. The van der Waals surface area contributed by atoms with Crippen molar-refractivity contribution >= 4 is 11.9 Å². The Morgan fingerprint density at radius 2 is 1.84 bits per heavy atom. The van der Waals surface area contributed by atoms with Crippen LogP contribution in [0.1, 0.15) is 52.0 Å². The molecule has 0 heterocycles. The summed E-state index contributed by atoms with van der Waals surface area (Å²) >= 11 is 0. The van der Waals surface area contributed by atoms with E-state index in [1.807, 2.05) is 30.3 Å². The SMILES string of the molecule is CC1CCCCC1NC(=O)NC(=O)CN(Cc1ccccc1)C(C)C. The maximum Gasteiger partial charge on any atom is 0.321 e. The van der Waals surface area contributed by atoms with Crippen LogP contribution >= 0.6 is 0 Å². The van der Waals surface area contributed by atoms with Crippen molar-refractivity contribution in [1.29, 1.82) is 0 Å². The largest absolute Gasteiger partial charge is 0.335 e. The van der Waals surface area contributed by atoms with E-state index in [-0.39, 0.29) is 30.6 Å². The first-order valence-corrected chi connectivity index (χ1v) is 9.34. The molecule has 138 valence electrons. The normalized spacial score (nSPS) is 20.5. The molecular formula is C20H31N3O2. The van der Waals surface area contributed by atoms with Crippen molar-refractivity contribution < 1.29 is 9.59 Å². The molecule has 1 fully saturated rings. The van der Waals surface area contributed by atoms with Gasteiger partial charge < -0.3 is 5.32 Å². The minimum Gasteiger partial charge on any atom is -0.335 e. The molecule has 2 rings (SSSR count). The molecule has 0 bridgehead atoms. The van der Waals surface area contributed by atoms with Crippen LogP contribution in [-0.4, -0.2) is 35.5 Å². The molecule has 1 aliphatic carbocycles. The van der Waals surface area contributed by atoms with Crippen LogP contribution in [0.3, 0.4) is 0 Å². The van der Waals surface area contributed by atoms with Gasteiger partial charge in [-0.05, 0) is 38.2 Å². The average molecular weight is 345 g/mol. The lowest BCUT2D eigenvalue weighted by Crippen LogP contribution is -2.50. The molecule has 1 aromatic rings. The van der Waals surface area contributed by atoms with Gasteiger partial charge in [0.2, 0.25) is 5.91 Å². The van der Waals surface area contributed by atoms with E-state index in [1.54, 1.807) is 0 Å². The quantitative estimate of drug-likeness (QED) is 0.831. The molecule has 1 aromatic carbocycles. The summed E-state index contributed by atoms with van der Waals surface area (Å²) in [7, 11) is 0. The van der Waals surface area contributed by atoms with Crippen LogP contribution < -0.4 is 10.6 Å². The molecule has 5 nitrogen and oxygen atoms in total. The van der Waals surface area contributed by atoms with Gasteiger partial charge in [0.25, 0.3) is 0 Å². The van der Waals surface area contributed by atoms with Gasteiger partial charge in [0.15, 0.2) is 0 Å².